The summed E-state index contributed by atoms with van der Waals surface area (Å²) in [6.07, 6.45) is 12.7. The van der Waals surface area contributed by atoms with E-state index in [1.54, 1.807) is 31.4 Å². The van der Waals surface area contributed by atoms with Gasteiger partial charge in [-0.2, -0.15) is 0 Å². The SMILES string of the molecule is COc1ccc(C(CC(=O)O)c2cc(OC)c(OC)c(OC)c2)cc1OC.S=P(S)(OC1CCCCC1)OC1CCCCC1. The van der Waals surface area contributed by atoms with Crippen LogP contribution in [-0.2, 0) is 25.6 Å². The van der Waals surface area contributed by atoms with Gasteiger partial charge in [0.25, 0.3) is 0 Å². The van der Waals surface area contributed by atoms with E-state index in [0.29, 0.717) is 41.0 Å². The summed E-state index contributed by atoms with van der Waals surface area (Å²) in [5.41, 5.74) is -0.812. The van der Waals surface area contributed by atoms with E-state index < -0.39 is 17.6 Å². The van der Waals surface area contributed by atoms with Crippen molar-refractivity contribution in [3.05, 3.63) is 41.5 Å². The van der Waals surface area contributed by atoms with Crippen molar-refractivity contribution in [2.45, 2.75) is 88.8 Å². The van der Waals surface area contributed by atoms with Gasteiger partial charge >= 0.3 is 5.97 Å². The van der Waals surface area contributed by atoms with Gasteiger partial charge in [-0.25, -0.2) is 0 Å². The number of carboxylic acids is 1. The molecule has 1 unspecified atom stereocenters. The van der Waals surface area contributed by atoms with E-state index in [4.69, 9.17) is 44.5 Å². The van der Waals surface area contributed by atoms with Gasteiger partial charge in [0.05, 0.1) is 54.2 Å². The van der Waals surface area contributed by atoms with Crippen LogP contribution in [-0.4, -0.2) is 58.8 Å². The lowest BCUT2D eigenvalue weighted by molar-refractivity contribution is -0.137. The van der Waals surface area contributed by atoms with E-state index in [9.17, 15) is 9.90 Å². The lowest BCUT2D eigenvalue weighted by Crippen LogP contribution is -2.18. The zero-order valence-electron chi connectivity index (χ0n) is 26.4. The molecule has 0 aromatic heterocycles. The molecule has 0 amide bonds. The van der Waals surface area contributed by atoms with Crippen LogP contribution in [0.5, 0.6) is 28.7 Å². The van der Waals surface area contributed by atoms with Crippen molar-refractivity contribution in [3.8, 4) is 28.7 Å². The first kappa shape index (κ1) is 36.3. The molecule has 1 atom stereocenters. The van der Waals surface area contributed by atoms with E-state index >= 15 is 0 Å². The van der Waals surface area contributed by atoms with E-state index in [1.807, 2.05) is 6.07 Å². The Morgan fingerprint density at radius 1 is 0.750 bits per heavy atom. The fraction of sp³-hybridized carbons (Fsp3) is 0.594. The normalized spacial score (nSPS) is 16.7. The van der Waals surface area contributed by atoms with Crippen molar-refractivity contribution < 1.29 is 42.6 Å². The Bertz CT molecular complexity index is 1200. The second kappa shape index (κ2) is 18.1. The third-order valence-corrected chi connectivity index (χ3v) is 10.2. The largest absolute Gasteiger partial charge is 0.493 e. The molecule has 2 aliphatic rings. The number of thiol groups is 1. The number of benzene rings is 2. The lowest BCUT2D eigenvalue weighted by Gasteiger charge is -2.31. The highest BCUT2D eigenvalue weighted by Gasteiger charge is 2.27. The molecule has 0 radical (unpaired) electrons. The number of methoxy groups -OCH3 is 5. The molecule has 0 saturated heterocycles. The second-order valence-corrected chi connectivity index (χ2v) is 16.1. The minimum absolute atomic E-state index is 0.117. The maximum absolute atomic E-state index is 11.5. The number of hydrogen-bond acceptors (Lipinski definition) is 9. The Kier molecular flexibility index (Phi) is 14.9. The molecule has 9 nitrogen and oxygen atoms in total. The molecule has 2 saturated carbocycles. The number of hydrogen-bond donors (Lipinski definition) is 2. The predicted octanol–water partition coefficient (Wildman–Crippen LogP) is 8.18. The van der Waals surface area contributed by atoms with Gasteiger partial charge in [0.1, 0.15) is 0 Å². The Morgan fingerprint density at radius 3 is 1.61 bits per heavy atom. The van der Waals surface area contributed by atoms with Crippen LogP contribution in [0, 0.1) is 0 Å². The molecule has 0 spiro atoms. The number of ether oxygens (including phenoxy) is 5. The number of carboxylic acid groups (broad SMARTS) is 1. The molecular formula is C32H47O9PS2. The molecule has 1 N–H and O–H groups in total. The van der Waals surface area contributed by atoms with Crippen LogP contribution in [0.3, 0.4) is 0 Å². The molecule has 0 aliphatic heterocycles. The summed E-state index contributed by atoms with van der Waals surface area (Å²) in [6.45, 7) is 0. The summed E-state index contributed by atoms with van der Waals surface area (Å²) < 4.78 is 38.6. The third-order valence-electron chi connectivity index (χ3n) is 7.95. The Labute approximate surface area is 272 Å². The van der Waals surface area contributed by atoms with Gasteiger partial charge < -0.3 is 37.8 Å². The highest BCUT2D eigenvalue weighted by atomic mass is 32.9. The zero-order valence-corrected chi connectivity index (χ0v) is 29.0. The smallest absolute Gasteiger partial charge is 0.304 e. The van der Waals surface area contributed by atoms with Crippen molar-refractivity contribution in [2.24, 2.45) is 0 Å². The van der Waals surface area contributed by atoms with E-state index in [0.717, 1.165) is 36.8 Å². The van der Waals surface area contributed by atoms with E-state index in [2.05, 4.69) is 12.2 Å². The van der Waals surface area contributed by atoms with E-state index in [1.165, 1.54) is 67.0 Å². The fourth-order valence-electron chi connectivity index (χ4n) is 5.72. The monoisotopic (exact) mass is 670 g/mol. The summed E-state index contributed by atoms with van der Waals surface area (Å²) in [6, 6.07) is 8.85. The van der Waals surface area contributed by atoms with Gasteiger partial charge in [-0.3, -0.25) is 4.79 Å². The maximum Gasteiger partial charge on any atom is 0.304 e. The Hall–Kier alpha value is -2.17. The van der Waals surface area contributed by atoms with Gasteiger partial charge in [0, 0.05) is 5.92 Å². The van der Waals surface area contributed by atoms with Crippen molar-refractivity contribution in [1.82, 2.24) is 0 Å². The molecule has 0 bridgehead atoms. The lowest BCUT2D eigenvalue weighted by atomic mass is 9.88. The second-order valence-electron chi connectivity index (χ2n) is 10.9. The summed E-state index contributed by atoms with van der Waals surface area (Å²) in [5, 5.41) is 9.44. The summed E-state index contributed by atoms with van der Waals surface area (Å²) >= 11 is 9.92. The van der Waals surface area contributed by atoms with Crippen molar-refractivity contribution in [1.29, 1.82) is 0 Å². The first-order valence-electron chi connectivity index (χ1n) is 15.1. The van der Waals surface area contributed by atoms with Crippen molar-refractivity contribution in [2.75, 3.05) is 35.5 Å². The van der Waals surface area contributed by atoms with Gasteiger partial charge in [0.2, 0.25) is 11.4 Å². The molecule has 44 heavy (non-hydrogen) atoms. The molecule has 2 aromatic carbocycles. The van der Waals surface area contributed by atoms with Crippen LogP contribution in [0.15, 0.2) is 30.3 Å². The topological polar surface area (TPSA) is 102 Å². The zero-order chi connectivity index (χ0) is 32.1. The molecule has 2 aliphatic carbocycles. The van der Waals surface area contributed by atoms with Crippen LogP contribution in [0.4, 0.5) is 0 Å². The standard InChI is InChI=1S/C20H24O7.C12H23O2PS2/c1-23-15-7-6-12(8-16(15)24-2)14(11-19(21)22)13-9-17(25-3)20(27-5)18(10-13)26-4;16-15(17,13-11-7-3-1-4-8-11)14-12-9-5-2-6-10-12/h6-10,14H,11H2,1-5H3,(H,21,22);11-12H,1-10H2,(H,16,17). The Morgan fingerprint density at radius 2 is 1.20 bits per heavy atom. The quantitative estimate of drug-likeness (QED) is 0.160. The molecule has 2 aromatic rings. The van der Waals surface area contributed by atoms with Crippen molar-refractivity contribution in [3.63, 3.8) is 0 Å². The molecule has 12 heteroatoms. The van der Waals surface area contributed by atoms with Crippen molar-refractivity contribution >= 4 is 35.7 Å². The molecule has 4 rings (SSSR count). The van der Waals surface area contributed by atoms with Crippen LogP contribution in [0.2, 0.25) is 0 Å². The number of aliphatic carboxylic acids is 1. The minimum Gasteiger partial charge on any atom is -0.493 e. The van der Waals surface area contributed by atoms with Gasteiger partial charge in [0.15, 0.2) is 23.0 Å². The summed E-state index contributed by atoms with van der Waals surface area (Å²) in [4.78, 5) is 11.5. The minimum atomic E-state index is -2.30. The maximum atomic E-state index is 11.5. The van der Waals surface area contributed by atoms with E-state index in [-0.39, 0.29) is 6.42 Å². The van der Waals surface area contributed by atoms with Gasteiger partial charge in [-0.15, -0.1) is 0 Å². The third kappa shape index (κ3) is 10.7. The van der Waals surface area contributed by atoms with Crippen LogP contribution in [0.1, 0.15) is 87.7 Å². The number of rotatable bonds is 13. The number of carbonyl (C=O) groups is 1. The van der Waals surface area contributed by atoms with Crippen LogP contribution < -0.4 is 23.7 Å². The molecule has 246 valence electrons. The average molecular weight is 671 g/mol. The molecular weight excluding hydrogens is 623 g/mol. The van der Waals surface area contributed by atoms with Crippen LogP contribution >= 0.6 is 17.9 Å². The van der Waals surface area contributed by atoms with Gasteiger partial charge in [-0.05, 0) is 72.9 Å². The molecule has 0 heterocycles. The predicted molar refractivity (Wildman–Crippen MR) is 179 cm³/mol. The first-order valence-corrected chi connectivity index (χ1v) is 18.9. The van der Waals surface area contributed by atoms with Crippen LogP contribution in [0.25, 0.3) is 0 Å². The Balaban J connectivity index is 0.000000266. The average Bonchev–Trinajstić information content (AvgIpc) is 3.03. The summed E-state index contributed by atoms with van der Waals surface area (Å²) in [5.74, 6) is 1.09. The highest BCUT2D eigenvalue weighted by molar-refractivity contribution is 8.60. The van der Waals surface area contributed by atoms with Gasteiger partial charge in [-0.1, -0.05) is 56.8 Å². The highest BCUT2D eigenvalue weighted by Crippen LogP contribution is 2.57. The fourth-order valence-corrected chi connectivity index (χ4v) is 8.47. The summed E-state index contributed by atoms with van der Waals surface area (Å²) in [7, 11) is 7.63. The molecule has 2 fully saturated rings. The first-order chi connectivity index (χ1) is 21.1.